The fourth-order valence-corrected chi connectivity index (χ4v) is 7.89. The predicted molar refractivity (Wildman–Crippen MR) is 198 cm³/mol. The van der Waals surface area contributed by atoms with Crippen molar-refractivity contribution in [2.24, 2.45) is 0 Å². The summed E-state index contributed by atoms with van der Waals surface area (Å²) >= 11 is 1.69. The fraction of sp³-hybridized carbons (Fsp3) is 0. The summed E-state index contributed by atoms with van der Waals surface area (Å²) in [5.41, 5.74) is 8.55. The van der Waals surface area contributed by atoms with Gasteiger partial charge in [0.2, 0.25) is 0 Å². The highest BCUT2D eigenvalue weighted by Crippen LogP contribution is 2.44. The minimum atomic E-state index is 0.697. The van der Waals surface area contributed by atoms with E-state index in [0.717, 1.165) is 70.6 Å². The Hall–Kier alpha value is -6.51. The molecule has 0 radical (unpaired) electrons. The summed E-state index contributed by atoms with van der Waals surface area (Å²) < 4.78 is 4.74. The van der Waals surface area contributed by atoms with Crippen molar-refractivity contribution in [1.82, 2.24) is 34.1 Å². The standard InChI is InChI=1S/C41H25N7S/c1-3-9-26(10-4-1)41-46-25-36(49-41)48-33-17-14-27(39-42-19-7-20-43-39)23-32(33)30-16-18-34-37(38(30)48)31-15-13-28(40-44-21-8-22-45-40)24-35(31)47(34)29-11-5-2-6-12-29/h1-25H. The van der Waals surface area contributed by atoms with Gasteiger partial charge in [-0.15, -0.1) is 0 Å². The van der Waals surface area contributed by atoms with Gasteiger partial charge < -0.3 is 4.57 Å². The Morgan fingerprint density at radius 1 is 0.449 bits per heavy atom. The summed E-state index contributed by atoms with van der Waals surface area (Å²) in [5.74, 6) is 1.40. The van der Waals surface area contributed by atoms with E-state index in [1.165, 1.54) is 5.39 Å². The summed E-state index contributed by atoms with van der Waals surface area (Å²) in [6, 6.07) is 42.2. The molecule has 0 aliphatic carbocycles. The van der Waals surface area contributed by atoms with E-state index in [2.05, 4.69) is 132 Å². The van der Waals surface area contributed by atoms with E-state index in [9.17, 15) is 0 Å². The van der Waals surface area contributed by atoms with E-state index >= 15 is 0 Å². The summed E-state index contributed by atoms with van der Waals surface area (Å²) in [6.07, 6.45) is 9.15. The van der Waals surface area contributed by atoms with Crippen LogP contribution in [0.3, 0.4) is 0 Å². The lowest BCUT2D eigenvalue weighted by Gasteiger charge is -2.09. The molecule has 230 valence electrons. The van der Waals surface area contributed by atoms with Gasteiger partial charge in [-0.3, -0.25) is 4.57 Å². The van der Waals surface area contributed by atoms with Crippen molar-refractivity contribution in [1.29, 1.82) is 0 Å². The molecule has 10 rings (SSSR count). The third kappa shape index (κ3) is 4.38. The number of para-hydroxylation sites is 1. The van der Waals surface area contributed by atoms with Crippen LogP contribution in [0, 0.1) is 0 Å². The smallest absolute Gasteiger partial charge is 0.159 e. The Morgan fingerprint density at radius 3 is 1.82 bits per heavy atom. The van der Waals surface area contributed by atoms with E-state index in [1.807, 2.05) is 24.4 Å². The number of hydrogen-bond acceptors (Lipinski definition) is 6. The molecule has 0 saturated heterocycles. The third-order valence-electron chi connectivity index (χ3n) is 9.05. The molecule has 10 aromatic rings. The molecule has 5 heterocycles. The maximum Gasteiger partial charge on any atom is 0.159 e. The molecule has 0 amide bonds. The van der Waals surface area contributed by atoms with Crippen molar-refractivity contribution in [3.63, 3.8) is 0 Å². The van der Waals surface area contributed by atoms with Crippen LogP contribution in [0.1, 0.15) is 0 Å². The zero-order valence-corrected chi connectivity index (χ0v) is 26.8. The Labute approximate surface area is 284 Å². The van der Waals surface area contributed by atoms with Crippen LogP contribution in [-0.4, -0.2) is 34.1 Å². The van der Waals surface area contributed by atoms with Gasteiger partial charge in [-0.25, -0.2) is 24.9 Å². The van der Waals surface area contributed by atoms with Gasteiger partial charge in [0, 0.05) is 68.7 Å². The van der Waals surface area contributed by atoms with Gasteiger partial charge in [-0.1, -0.05) is 78.1 Å². The first kappa shape index (κ1) is 27.6. The van der Waals surface area contributed by atoms with Gasteiger partial charge in [-0.05, 0) is 54.6 Å². The molecule has 5 aromatic carbocycles. The molecule has 49 heavy (non-hydrogen) atoms. The predicted octanol–water partition coefficient (Wildman–Crippen LogP) is 9.92. The number of hydrogen-bond donors (Lipinski definition) is 0. The minimum absolute atomic E-state index is 0.697. The van der Waals surface area contributed by atoms with E-state index < -0.39 is 0 Å². The second-order valence-corrected chi connectivity index (χ2v) is 12.8. The normalized spacial score (nSPS) is 11.7. The number of rotatable bonds is 5. The third-order valence-corrected chi connectivity index (χ3v) is 10.1. The molecule has 0 spiro atoms. The maximum atomic E-state index is 4.92. The molecule has 0 atom stereocenters. The molecule has 0 saturated carbocycles. The first-order valence-corrected chi connectivity index (χ1v) is 16.8. The molecule has 0 unspecified atom stereocenters. The Kier molecular flexibility index (Phi) is 6.22. The largest absolute Gasteiger partial charge is 0.309 e. The van der Waals surface area contributed by atoms with Crippen LogP contribution >= 0.6 is 11.3 Å². The molecule has 0 aliphatic rings. The lowest BCUT2D eigenvalue weighted by atomic mass is 10.1. The lowest BCUT2D eigenvalue weighted by Crippen LogP contribution is -1.94. The minimum Gasteiger partial charge on any atom is -0.309 e. The quantitative estimate of drug-likeness (QED) is 0.186. The second-order valence-electron chi connectivity index (χ2n) is 11.8. The summed E-state index contributed by atoms with van der Waals surface area (Å²) in [4.78, 5) is 23.2. The SMILES string of the molecule is c1ccc(-c2ncc(-n3c4ccc(-c5ncccn5)cc4c4ccc5c(c6ccc(-c7ncccn7)cc6n5-c5ccccc5)c43)s2)cc1. The molecule has 8 heteroatoms. The van der Waals surface area contributed by atoms with Crippen LogP contribution < -0.4 is 0 Å². The van der Waals surface area contributed by atoms with E-state index in [-0.39, 0.29) is 0 Å². The van der Waals surface area contributed by atoms with Crippen LogP contribution in [0.25, 0.3) is 87.6 Å². The van der Waals surface area contributed by atoms with E-state index in [1.54, 1.807) is 36.1 Å². The average molecular weight is 648 g/mol. The zero-order chi connectivity index (χ0) is 32.3. The van der Waals surface area contributed by atoms with Crippen molar-refractivity contribution < 1.29 is 0 Å². The van der Waals surface area contributed by atoms with Crippen molar-refractivity contribution in [2.75, 3.05) is 0 Å². The van der Waals surface area contributed by atoms with Crippen molar-refractivity contribution in [2.45, 2.75) is 0 Å². The van der Waals surface area contributed by atoms with E-state index in [0.29, 0.717) is 11.6 Å². The molecule has 0 bridgehead atoms. The number of nitrogens with zero attached hydrogens (tertiary/aromatic N) is 7. The number of thiazole rings is 1. The van der Waals surface area contributed by atoms with Crippen LogP contribution in [0.15, 0.2) is 152 Å². The van der Waals surface area contributed by atoms with Crippen LogP contribution in [0.4, 0.5) is 0 Å². The van der Waals surface area contributed by atoms with Crippen molar-refractivity contribution in [3.8, 4) is 44.0 Å². The van der Waals surface area contributed by atoms with Crippen LogP contribution in [-0.2, 0) is 0 Å². The molecule has 0 N–H and O–H groups in total. The highest BCUT2D eigenvalue weighted by molar-refractivity contribution is 7.17. The van der Waals surface area contributed by atoms with Gasteiger partial charge in [0.15, 0.2) is 11.6 Å². The molecular weight excluding hydrogens is 623 g/mol. The highest BCUT2D eigenvalue weighted by Gasteiger charge is 2.23. The molecule has 5 aromatic heterocycles. The molecule has 7 nitrogen and oxygen atoms in total. The zero-order valence-electron chi connectivity index (χ0n) is 26.0. The lowest BCUT2D eigenvalue weighted by molar-refractivity contribution is 1.16. The Bertz CT molecular complexity index is 2810. The Morgan fingerprint density at radius 2 is 1.08 bits per heavy atom. The first-order valence-electron chi connectivity index (χ1n) is 16.0. The molecular formula is C41H25N7S. The Balaban J connectivity index is 1.34. The van der Waals surface area contributed by atoms with Crippen molar-refractivity contribution >= 4 is 54.9 Å². The van der Waals surface area contributed by atoms with Crippen molar-refractivity contribution in [3.05, 3.63) is 152 Å². The van der Waals surface area contributed by atoms with Gasteiger partial charge in [0.25, 0.3) is 0 Å². The molecule has 0 fully saturated rings. The van der Waals surface area contributed by atoms with E-state index in [4.69, 9.17) is 4.98 Å². The van der Waals surface area contributed by atoms with Gasteiger partial charge in [-0.2, -0.15) is 0 Å². The number of fused-ring (bicyclic) bond motifs is 7. The summed E-state index contributed by atoms with van der Waals surface area (Å²) in [6.45, 7) is 0. The topological polar surface area (TPSA) is 74.3 Å². The summed E-state index contributed by atoms with van der Waals surface area (Å²) in [5, 5.41) is 6.62. The monoisotopic (exact) mass is 647 g/mol. The second kappa shape index (κ2) is 11.0. The first-order chi connectivity index (χ1) is 24.3. The number of aromatic nitrogens is 7. The molecule has 0 aliphatic heterocycles. The van der Waals surface area contributed by atoms with Gasteiger partial charge >= 0.3 is 0 Å². The van der Waals surface area contributed by atoms with Gasteiger partial charge in [0.1, 0.15) is 10.0 Å². The maximum absolute atomic E-state index is 4.92. The average Bonchev–Trinajstić information content (AvgIpc) is 3.88. The summed E-state index contributed by atoms with van der Waals surface area (Å²) in [7, 11) is 0. The number of benzene rings is 5. The highest BCUT2D eigenvalue weighted by atomic mass is 32.1. The van der Waals surface area contributed by atoms with Crippen LogP contribution in [0.2, 0.25) is 0 Å². The fourth-order valence-electron chi connectivity index (χ4n) is 6.95. The van der Waals surface area contributed by atoms with Crippen LogP contribution in [0.5, 0.6) is 0 Å². The van der Waals surface area contributed by atoms with Gasteiger partial charge in [0.05, 0.1) is 28.3 Å².